The predicted molar refractivity (Wildman–Crippen MR) is 133 cm³/mol. The Morgan fingerprint density at radius 3 is 2.84 bits per heavy atom. The largest absolute Gasteiger partial charge is 0.486 e. The summed E-state index contributed by atoms with van der Waals surface area (Å²) in [6.07, 6.45) is 2.94. The molecule has 1 aromatic carbocycles. The molecular formula is C25H29FN8O3. The lowest BCUT2D eigenvalue weighted by atomic mass is 10.0. The lowest BCUT2D eigenvalue weighted by Gasteiger charge is -2.34. The Hall–Kier alpha value is -4.11. The van der Waals surface area contributed by atoms with Gasteiger partial charge in [-0.3, -0.25) is 9.48 Å². The molecule has 0 spiro atoms. The molecular weight excluding hydrogens is 479 g/mol. The fourth-order valence-corrected chi connectivity index (χ4v) is 3.90. The molecule has 194 valence electrons. The number of carbonyl (C=O) groups excluding carboxylic acids is 1. The third-order valence-electron chi connectivity index (χ3n) is 5.89. The lowest BCUT2D eigenvalue weighted by Crippen LogP contribution is -2.49. The van der Waals surface area contributed by atoms with Crippen LogP contribution in [0, 0.1) is 11.3 Å². The first-order chi connectivity index (χ1) is 17.7. The van der Waals surface area contributed by atoms with Crippen LogP contribution in [0.4, 0.5) is 16.0 Å². The van der Waals surface area contributed by atoms with Gasteiger partial charge in [0.15, 0.2) is 12.0 Å². The van der Waals surface area contributed by atoms with Crippen molar-refractivity contribution < 1.29 is 19.0 Å². The van der Waals surface area contributed by atoms with Crippen molar-refractivity contribution in [3.63, 3.8) is 0 Å². The van der Waals surface area contributed by atoms with Crippen LogP contribution in [0.2, 0.25) is 0 Å². The Labute approximate surface area is 213 Å². The van der Waals surface area contributed by atoms with Crippen molar-refractivity contribution in [1.82, 2.24) is 29.6 Å². The molecule has 2 N–H and O–H groups in total. The molecule has 1 aliphatic rings. The average molecular weight is 509 g/mol. The van der Waals surface area contributed by atoms with Crippen molar-refractivity contribution in [3.05, 3.63) is 42.5 Å². The minimum absolute atomic E-state index is 0.0346. The number of piperidine rings is 1. The zero-order valence-electron chi connectivity index (χ0n) is 20.9. The first kappa shape index (κ1) is 26.0. The van der Waals surface area contributed by atoms with E-state index >= 15 is 0 Å². The standard InChI is InChI=1S/C25H29FN8O3/c1-25(2,3)34-13-18(12-30-34)31-24-29-15-28-23(32-24)16-4-5-20(17(10-16)11-27)37-21-6-8-33(14-19(21)26)22(36)7-9-35/h4-5,10,12-13,15,19,21,35H,6-9,14H2,1-3H3,(H,28,29,31,32)/t19-,21-/m0/s1. The summed E-state index contributed by atoms with van der Waals surface area (Å²) >= 11 is 0. The fraction of sp³-hybridized carbons (Fsp3) is 0.440. The number of anilines is 2. The molecule has 0 unspecified atom stereocenters. The number of nitrogens with one attached hydrogen (secondary N) is 1. The molecule has 2 atom stereocenters. The van der Waals surface area contributed by atoms with E-state index in [2.05, 4.69) is 31.4 Å². The Balaban J connectivity index is 1.46. The highest BCUT2D eigenvalue weighted by Gasteiger charge is 2.33. The second-order valence-electron chi connectivity index (χ2n) is 9.70. The van der Waals surface area contributed by atoms with Crippen molar-refractivity contribution in [2.75, 3.05) is 25.0 Å². The van der Waals surface area contributed by atoms with Gasteiger partial charge in [-0.2, -0.15) is 15.3 Å². The maximum atomic E-state index is 14.8. The van der Waals surface area contributed by atoms with Gasteiger partial charge in [-0.1, -0.05) is 0 Å². The lowest BCUT2D eigenvalue weighted by molar-refractivity contribution is -0.135. The molecule has 1 saturated heterocycles. The van der Waals surface area contributed by atoms with E-state index in [0.717, 1.165) is 5.69 Å². The minimum Gasteiger partial charge on any atom is -0.486 e. The molecule has 3 aromatic rings. The van der Waals surface area contributed by atoms with Crippen LogP contribution in [0.15, 0.2) is 36.9 Å². The summed E-state index contributed by atoms with van der Waals surface area (Å²) in [6, 6.07) is 6.96. The van der Waals surface area contributed by atoms with Crippen molar-refractivity contribution in [2.45, 2.75) is 51.4 Å². The second-order valence-corrected chi connectivity index (χ2v) is 9.70. The van der Waals surface area contributed by atoms with E-state index < -0.39 is 12.3 Å². The first-order valence-electron chi connectivity index (χ1n) is 11.9. The van der Waals surface area contributed by atoms with E-state index in [1.807, 2.05) is 31.6 Å². The van der Waals surface area contributed by atoms with Crippen LogP contribution in [-0.2, 0) is 10.3 Å². The smallest absolute Gasteiger partial charge is 0.230 e. The molecule has 4 rings (SSSR count). The number of benzene rings is 1. The number of aliphatic hydroxyl groups is 1. The van der Waals surface area contributed by atoms with E-state index in [0.29, 0.717) is 23.9 Å². The average Bonchev–Trinajstić information content (AvgIpc) is 3.35. The van der Waals surface area contributed by atoms with Gasteiger partial charge >= 0.3 is 0 Å². The maximum Gasteiger partial charge on any atom is 0.230 e. The third-order valence-corrected chi connectivity index (χ3v) is 5.89. The SMILES string of the molecule is CC(C)(C)n1cc(Nc2ncnc(-c3ccc(O[C@H]4CCN(C(=O)CCO)C[C@@H]4F)c(C#N)c3)n2)cn1. The predicted octanol–water partition coefficient (Wildman–Crippen LogP) is 2.81. The van der Waals surface area contributed by atoms with Crippen molar-refractivity contribution >= 4 is 17.5 Å². The number of hydrogen-bond acceptors (Lipinski definition) is 9. The molecule has 1 fully saturated rings. The molecule has 12 heteroatoms. The number of aliphatic hydroxyl groups excluding tert-OH is 1. The van der Waals surface area contributed by atoms with Gasteiger partial charge in [-0.25, -0.2) is 14.4 Å². The van der Waals surface area contributed by atoms with Crippen molar-refractivity contribution in [3.8, 4) is 23.2 Å². The van der Waals surface area contributed by atoms with Crippen LogP contribution < -0.4 is 10.1 Å². The zero-order chi connectivity index (χ0) is 26.6. The summed E-state index contributed by atoms with van der Waals surface area (Å²) in [7, 11) is 0. The molecule has 0 saturated carbocycles. The first-order valence-corrected chi connectivity index (χ1v) is 11.9. The quantitative estimate of drug-likeness (QED) is 0.492. The number of nitrogens with zero attached hydrogens (tertiary/aromatic N) is 7. The molecule has 1 aliphatic heterocycles. The minimum atomic E-state index is -1.41. The van der Waals surface area contributed by atoms with Crippen LogP contribution in [0.3, 0.4) is 0 Å². The van der Waals surface area contributed by atoms with E-state index in [9.17, 15) is 14.4 Å². The van der Waals surface area contributed by atoms with Crippen molar-refractivity contribution in [1.29, 1.82) is 5.26 Å². The monoisotopic (exact) mass is 508 g/mol. The number of ether oxygens (including phenoxy) is 1. The van der Waals surface area contributed by atoms with E-state index in [4.69, 9.17) is 9.84 Å². The van der Waals surface area contributed by atoms with Crippen LogP contribution in [0.25, 0.3) is 11.4 Å². The Morgan fingerprint density at radius 1 is 1.35 bits per heavy atom. The van der Waals surface area contributed by atoms with E-state index in [1.54, 1.807) is 24.4 Å². The van der Waals surface area contributed by atoms with E-state index in [1.165, 1.54) is 11.2 Å². The Morgan fingerprint density at radius 2 is 2.16 bits per heavy atom. The number of carbonyl (C=O) groups is 1. The van der Waals surface area contributed by atoms with Crippen LogP contribution >= 0.6 is 0 Å². The van der Waals surface area contributed by atoms with Crippen LogP contribution in [0.5, 0.6) is 5.75 Å². The number of hydrogen-bond donors (Lipinski definition) is 2. The second kappa shape index (κ2) is 10.9. The normalized spacial score (nSPS) is 17.8. The number of amides is 1. The van der Waals surface area contributed by atoms with Gasteiger partial charge in [0.1, 0.15) is 24.3 Å². The van der Waals surface area contributed by atoms with Gasteiger partial charge in [0.2, 0.25) is 11.9 Å². The highest BCUT2D eigenvalue weighted by atomic mass is 19.1. The third kappa shape index (κ3) is 6.18. The summed E-state index contributed by atoms with van der Waals surface area (Å²) in [5.74, 6) is 0.624. The zero-order valence-corrected chi connectivity index (χ0v) is 20.9. The molecule has 2 aromatic heterocycles. The summed E-state index contributed by atoms with van der Waals surface area (Å²) in [5.41, 5.74) is 1.34. The Bertz CT molecular complexity index is 1300. The number of alkyl halides is 1. The number of likely N-dealkylation sites (tertiary alicyclic amines) is 1. The number of aromatic nitrogens is 5. The molecule has 0 aliphatic carbocycles. The van der Waals surface area contributed by atoms with Crippen LogP contribution in [-0.4, -0.2) is 72.6 Å². The van der Waals surface area contributed by atoms with Crippen molar-refractivity contribution in [2.24, 2.45) is 0 Å². The van der Waals surface area contributed by atoms with Gasteiger partial charge in [0.05, 0.1) is 36.1 Å². The van der Waals surface area contributed by atoms with Gasteiger partial charge in [0, 0.05) is 31.1 Å². The maximum absolute atomic E-state index is 14.8. The van der Waals surface area contributed by atoms with Gasteiger partial charge < -0.3 is 20.1 Å². The number of rotatable bonds is 7. The Kier molecular flexibility index (Phi) is 7.63. The van der Waals surface area contributed by atoms with Crippen LogP contribution in [0.1, 0.15) is 39.2 Å². The topological polar surface area (TPSA) is 142 Å². The molecule has 0 radical (unpaired) electrons. The highest BCUT2D eigenvalue weighted by molar-refractivity contribution is 5.76. The summed E-state index contributed by atoms with van der Waals surface area (Å²) < 4.78 is 22.4. The van der Waals surface area contributed by atoms with Gasteiger partial charge in [-0.15, -0.1) is 0 Å². The van der Waals surface area contributed by atoms with Gasteiger partial charge in [0.25, 0.3) is 0 Å². The van der Waals surface area contributed by atoms with Gasteiger partial charge in [-0.05, 0) is 39.0 Å². The molecule has 11 nitrogen and oxygen atoms in total. The molecule has 37 heavy (non-hydrogen) atoms. The fourth-order valence-electron chi connectivity index (χ4n) is 3.90. The number of halogens is 1. The summed E-state index contributed by atoms with van der Waals surface area (Å²) in [4.78, 5) is 26.2. The summed E-state index contributed by atoms with van der Waals surface area (Å²) in [6.45, 7) is 6.06. The summed E-state index contributed by atoms with van der Waals surface area (Å²) in [5, 5.41) is 26.1. The molecule has 3 heterocycles. The highest BCUT2D eigenvalue weighted by Crippen LogP contribution is 2.28. The number of nitriles is 1. The molecule has 0 bridgehead atoms. The molecule has 1 amide bonds. The van der Waals surface area contributed by atoms with E-state index in [-0.39, 0.29) is 48.8 Å².